The predicted octanol–water partition coefficient (Wildman–Crippen LogP) is 2.24. The Bertz CT molecular complexity index is 2510. The number of nitrogens with one attached hydrogen (secondary N) is 3. The lowest BCUT2D eigenvalue weighted by atomic mass is 9.98. The second-order valence-electron chi connectivity index (χ2n) is 15.3. The molecule has 0 bridgehead atoms. The summed E-state index contributed by atoms with van der Waals surface area (Å²) < 4.78 is 16.8. The van der Waals surface area contributed by atoms with Gasteiger partial charge in [-0.25, -0.2) is 8.96 Å². The molecule has 0 aliphatic carbocycles. The highest BCUT2D eigenvalue weighted by Crippen LogP contribution is 2.39. The van der Waals surface area contributed by atoms with Gasteiger partial charge in [0.05, 0.1) is 11.3 Å². The number of benzene rings is 3. The van der Waals surface area contributed by atoms with E-state index in [1.807, 2.05) is 18.7 Å². The summed E-state index contributed by atoms with van der Waals surface area (Å²) in [5, 5.41) is 47.2. The van der Waals surface area contributed by atoms with E-state index < -0.39 is 35.7 Å². The highest BCUT2D eigenvalue weighted by Gasteiger charge is 2.40. The number of aromatic hydroxyl groups is 3. The van der Waals surface area contributed by atoms with Gasteiger partial charge >= 0.3 is 6.01 Å². The van der Waals surface area contributed by atoms with Crippen LogP contribution in [-0.2, 0) is 32.3 Å². The summed E-state index contributed by atoms with van der Waals surface area (Å²) in [5.41, 5.74) is 2.76. The number of nitrogens with zero attached hydrogens (tertiary/aromatic N) is 7. The SMILES string of the molecule is CC(C)c1cc(-c2nnc(O)n2-c2ccc(CN3CCN(C(=O)C4=CNC(C(=O)Nc5cccc6c5CN(C5CCC(=O)NC5=O)C6=O)C=N4)CC3)c(F)c2)c(O)cc1O. The summed E-state index contributed by atoms with van der Waals surface area (Å²) in [4.78, 5) is 73.2. The third-order valence-electron chi connectivity index (χ3n) is 11.1. The topological polar surface area (TPSA) is 235 Å². The molecule has 2 unspecified atom stereocenters. The minimum atomic E-state index is -0.919. The zero-order chi connectivity index (χ0) is 42.4. The normalized spacial score (nSPS) is 19.3. The van der Waals surface area contributed by atoms with Crippen LogP contribution < -0.4 is 16.0 Å². The van der Waals surface area contributed by atoms with Gasteiger partial charge in [-0.15, -0.1) is 5.10 Å². The Morgan fingerprint density at radius 1 is 0.967 bits per heavy atom. The van der Waals surface area contributed by atoms with Crippen LogP contribution in [0.25, 0.3) is 17.1 Å². The van der Waals surface area contributed by atoms with E-state index in [0.717, 1.165) is 0 Å². The van der Waals surface area contributed by atoms with E-state index in [1.165, 1.54) is 34.0 Å². The lowest BCUT2D eigenvalue weighted by Crippen LogP contribution is -2.52. The van der Waals surface area contributed by atoms with E-state index in [4.69, 9.17) is 0 Å². The summed E-state index contributed by atoms with van der Waals surface area (Å²) in [5.74, 6) is -3.05. The first-order valence-corrected chi connectivity index (χ1v) is 19.4. The summed E-state index contributed by atoms with van der Waals surface area (Å²) in [7, 11) is 0. The van der Waals surface area contributed by atoms with Crippen LogP contribution in [0.15, 0.2) is 65.4 Å². The number of imide groups is 1. The largest absolute Gasteiger partial charge is 0.508 e. The average molecular weight is 821 g/mol. The average Bonchev–Trinajstić information content (AvgIpc) is 3.78. The second-order valence-corrected chi connectivity index (χ2v) is 15.3. The number of piperazine rings is 1. The molecule has 2 atom stereocenters. The smallest absolute Gasteiger partial charge is 0.319 e. The summed E-state index contributed by atoms with van der Waals surface area (Å²) in [6.45, 7) is 5.66. The number of hydrogen-bond donors (Lipinski definition) is 6. The molecule has 3 aromatic carbocycles. The quantitative estimate of drug-likeness (QED) is 0.134. The standard InChI is InChI=1S/C41H41FN10O8/c1-21(2)25-15-26(34(54)16-33(25)53)36-47-48-41(60)52(36)23-7-6-22(28(42)14-23)19-49-10-12-50(13-11-49)40(59)31-18-43-30(17-44-31)37(56)45-29-5-3-4-24-27(29)20-51(39(24)58)32-8-9-35(55)46-38(32)57/h3-7,14-18,21,30,32,43,53-54H,8-13,19-20H2,1-2H3,(H,45,56)(H,48,60)(H,46,55,57). The lowest BCUT2D eigenvalue weighted by Gasteiger charge is -2.35. The molecular formula is C41H41FN10O8. The zero-order valence-corrected chi connectivity index (χ0v) is 32.6. The molecule has 2 fully saturated rings. The molecule has 18 nitrogen and oxygen atoms in total. The molecule has 6 N–H and O–H groups in total. The van der Waals surface area contributed by atoms with Gasteiger partial charge in [-0.2, -0.15) is 0 Å². The fourth-order valence-corrected chi connectivity index (χ4v) is 7.82. The molecule has 0 saturated carbocycles. The Hall–Kier alpha value is -7.15. The first-order chi connectivity index (χ1) is 28.8. The molecule has 2 saturated heterocycles. The van der Waals surface area contributed by atoms with Gasteiger partial charge < -0.3 is 35.8 Å². The van der Waals surface area contributed by atoms with Crippen molar-refractivity contribution in [1.29, 1.82) is 0 Å². The van der Waals surface area contributed by atoms with Crippen LogP contribution in [-0.4, -0.2) is 119 Å². The fraction of sp³-hybridized carbons (Fsp3) is 0.317. The maximum Gasteiger partial charge on any atom is 0.319 e. The van der Waals surface area contributed by atoms with Crippen molar-refractivity contribution >= 4 is 41.4 Å². The molecule has 4 aromatic rings. The first kappa shape index (κ1) is 39.7. The van der Waals surface area contributed by atoms with Crippen molar-refractivity contribution in [3.8, 4) is 34.6 Å². The number of hydrogen-bond acceptors (Lipinski definition) is 13. The highest BCUT2D eigenvalue weighted by atomic mass is 19.1. The van der Waals surface area contributed by atoms with Crippen LogP contribution in [0, 0.1) is 5.82 Å². The number of aromatic nitrogens is 3. The number of carbonyl (C=O) groups is 5. The molecule has 1 aromatic heterocycles. The Balaban J connectivity index is 0.850. The van der Waals surface area contributed by atoms with Gasteiger partial charge in [-0.05, 0) is 48.2 Å². The molecular weight excluding hydrogens is 780 g/mol. The Labute approximate surface area is 342 Å². The van der Waals surface area contributed by atoms with Gasteiger partial charge in [0.1, 0.15) is 35.1 Å². The number of rotatable bonds is 9. The first-order valence-electron chi connectivity index (χ1n) is 19.4. The van der Waals surface area contributed by atoms with Gasteiger partial charge in [-0.1, -0.05) is 31.1 Å². The number of aliphatic imine (C=N–C) groups is 1. The molecule has 4 aliphatic rings. The van der Waals surface area contributed by atoms with Crippen LogP contribution in [0.1, 0.15) is 59.7 Å². The van der Waals surface area contributed by atoms with Crippen LogP contribution >= 0.6 is 0 Å². The van der Waals surface area contributed by atoms with Gasteiger partial charge in [0.15, 0.2) is 5.82 Å². The number of fused-ring (bicyclic) bond motifs is 1. The minimum Gasteiger partial charge on any atom is -0.508 e. The number of piperidine rings is 1. The van der Waals surface area contributed by atoms with E-state index in [0.29, 0.717) is 54.1 Å². The zero-order valence-electron chi connectivity index (χ0n) is 32.6. The van der Waals surface area contributed by atoms with E-state index in [9.17, 15) is 39.3 Å². The van der Waals surface area contributed by atoms with E-state index in [-0.39, 0.29) is 83.8 Å². The van der Waals surface area contributed by atoms with Gasteiger partial charge in [0.2, 0.25) is 11.8 Å². The Kier molecular flexibility index (Phi) is 10.5. The number of halogens is 1. The molecule has 0 spiro atoms. The lowest BCUT2D eigenvalue weighted by molar-refractivity contribution is -0.137. The van der Waals surface area contributed by atoms with Crippen LogP contribution in [0.3, 0.4) is 0 Å². The monoisotopic (exact) mass is 820 g/mol. The number of anilines is 1. The highest BCUT2D eigenvalue weighted by molar-refractivity contribution is 6.10. The molecule has 8 rings (SSSR count). The Morgan fingerprint density at radius 2 is 1.75 bits per heavy atom. The van der Waals surface area contributed by atoms with Crippen molar-refractivity contribution in [3.05, 3.63) is 88.5 Å². The fourth-order valence-electron chi connectivity index (χ4n) is 7.82. The van der Waals surface area contributed by atoms with Gasteiger partial charge in [0, 0.05) is 86.5 Å². The predicted molar refractivity (Wildman–Crippen MR) is 212 cm³/mol. The summed E-state index contributed by atoms with van der Waals surface area (Å²) in [6.07, 6.45) is 3.04. The number of amides is 5. The van der Waals surface area contributed by atoms with Gasteiger partial charge in [-0.3, -0.25) is 39.2 Å². The van der Waals surface area contributed by atoms with Crippen molar-refractivity contribution in [2.24, 2.45) is 4.99 Å². The van der Waals surface area contributed by atoms with E-state index in [1.54, 1.807) is 41.3 Å². The maximum absolute atomic E-state index is 15.6. The summed E-state index contributed by atoms with van der Waals surface area (Å²) in [6, 6.07) is 9.85. The van der Waals surface area contributed by atoms with E-state index in [2.05, 4.69) is 31.1 Å². The molecule has 5 amide bonds. The van der Waals surface area contributed by atoms with Crippen molar-refractivity contribution in [2.45, 2.75) is 57.8 Å². The van der Waals surface area contributed by atoms with E-state index >= 15 is 4.39 Å². The van der Waals surface area contributed by atoms with Crippen LogP contribution in [0.2, 0.25) is 0 Å². The number of carbonyl (C=O) groups excluding carboxylic acids is 5. The molecule has 4 aliphatic heterocycles. The number of phenolic OH excluding ortho intramolecular Hbond substituents is 2. The van der Waals surface area contributed by atoms with Crippen molar-refractivity contribution in [1.82, 2.24) is 40.1 Å². The number of phenols is 2. The van der Waals surface area contributed by atoms with Crippen molar-refractivity contribution < 1.29 is 43.7 Å². The van der Waals surface area contributed by atoms with Crippen molar-refractivity contribution in [3.63, 3.8) is 0 Å². The molecule has 310 valence electrons. The minimum absolute atomic E-state index is 0.0571. The molecule has 60 heavy (non-hydrogen) atoms. The maximum atomic E-state index is 15.6. The molecule has 0 radical (unpaired) electrons. The molecule has 19 heteroatoms. The Morgan fingerprint density at radius 3 is 2.45 bits per heavy atom. The van der Waals surface area contributed by atoms with Crippen LogP contribution in [0.4, 0.5) is 10.1 Å². The molecule has 5 heterocycles. The van der Waals surface area contributed by atoms with Crippen LogP contribution in [0.5, 0.6) is 17.5 Å². The third kappa shape index (κ3) is 7.49. The third-order valence-corrected chi connectivity index (χ3v) is 11.1. The van der Waals surface area contributed by atoms with Gasteiger partial charge in [0.25, 0.3) is 17.7 Å². The van der Waals surface area contributed by atoms with Crippen molar-refractivity contribution in [2.75, 3.05) is 31.5 Å². The second kappa shape index (κ2) is 15.9. The summed E-state index contributed by atoms with van der Waals surface area (Å²) >= 11 is 0.